The number of methoxy groups -OCH3 is 1. The van der Waals surface area contributed by atoms with Crippen LogP contribution in [-0.4, -0.2) is 67.5 Å². The van der Waals surface area contributed by atoms with Gasteiger partial charge in [-0.1, -0.05) is 0 Å². The number of hydrogen-bond acceptors (Lipinski definition) is 7. The van der Waals surface area contributed by atoms with Gasteiger partial charge in [-0.2, -0.15) is 0 Å². The predicted molar refractivity (Wildman–Crippen MR) is 81.4 cm³/mol. The maximum atomic E-state index is 13.6. The first-order valence-corrected chi connectivity index (χ1v) is 7.25. The van der Waals surface area contributed by atoms with Crippen molar-refractivity contribution in [3.63, 3.8) is 0 Å². The van der Waals surface area contributed by atoms with Crippen molar-refractivity contribution in [2.75, 3.05) is 51.8 Å². The Morgan fingerprint density at radius 3 is 2.83 bits per heavy atom. The number of aliphatic hydroxyl groups excluding tert-OH is 1. The third-order valence-electron chi connectivity index (χ3n) is 3.57. The Balaban J connectivity index is 1.99. The second kappa shape index (κ2) is 8.04. The van der Waals surface area contributed by atoms with Crippen LogP contribution in [0.5, 0.6) is 5.75 Å². The van der Waals surface area contributed by atoms with E-state index in [9.17, 15) is 19.6 Å². The number of rotatable bonds is 7. The number of nitrogens with one attached hydrogen (secondary N) is 1. The number of nitrogens with zero attached hydrogens (tertiary/aromatic N) is 2. The molecule has 128 valence electrons. The molecule has 0 saturated carbocycles. The largest absolute Gasteiger partial charge is 0.494 e. The maximum absolute atomic E-state index is 13.6. The van der Waals surface area contributed by atoms with Crippen molar-refractivity contribution in [1.29, 1.82) is 0 Å². The van der Waals surface area contributed by atoms with E-state index in [4.69, 9.17) is 9.47 Å². The summed E-state index contributed by atoms with van der Waals surface area (Å²) in [5.41, 5.74) is -0.295. The number of benzene rings is 1. The number of ether oxygens (including phenoxy) is 2. The van der Waals surface area contributed by atoms with E-state index in [1.807, 2.05) is 0 Å². The molecule has 1 heterocycles. The Morgan fingerprint density at radius 2 is 2.22 bits per heavy atom. The minimum atomic E-state index is -0.807. The molecule has 0 aliphatic carbocycles. The van der Waals surface area contributed by atoms with Crippen LogP contribution in [-0.2, 0) is 4.74 Å². The Hall–Kier alpha value is -1.97. The quantitative estimate of drug-likeness (QED) is 0.565. The second-order valence-corrected chi connectivity index (χ2v) is 5.21. The van der Waals surface area contributed by atoms with Gasteiger partial charge < -0.3 is 19.9 Å². The van der Waals surface area contributed by atoms with E-state index in [2.05, 4.69) is 10.2 Å². The molecule has 1 fully saturated rings. The molecule has 2 rings (SSSR count). The summed E-state index contributed by atoms with van der Waals surface area (Å²) >= 11 is 0. The van der Waals surface area contributed by atoms with Gasteiger partial charge in [0.25, 0.3) is 5.69 Å². The van der Waals surface area contributed by atoms with Crippen LogP contribution in [0.1, 0.15) is 0 Å². The van der Waals surface area contributed by atoms with Crippen LogP contribution in [0.3, 0.4) is 0 Å². The number of aliphatic hydroxyl groups is 1. The van der Waals surface area contributed by atoms with E-state index in [1.165, 1.54) is 13.2 Å². The number of halogens is 1. The van der Waals surface area contributed by atoms with Crippen LogP contribution in [0.15, 0.2) is 12.1 Å². The average molecular weight is 329 g/mol. The summed E-state index contributed by atoms with van der Waals surface area (Å²) < 4.78 is 23.6. The highest BCUT2D eigenvalue weighted by Crippen LogP contribution is 2.31. The van der Waals surface area contributed by atoms with Crippen LogP contribution >= 0.6 is 0 Å². The second-order valence-electron chi connectivity index (χ2n) is 5.21. The first kappa shape index (κ1) is 17.4. The minimum Gasteiger partial charge on any atom is -0.494 e. The topological polar surface area (TPSA) is 97.1 Å². The molecular formula is C14H20FN3O5. The molecule has 1 aliphatic heterocycles. The van der Waals surface area contributed by atoms with Gasteiger partial charge in [0.1, 0.15) is 5.69 Å². The molecule has 0 spiro atoms. The monoisotopic (exact) mass is 329 g/mol. The lowest BCUT2D eigenvalue weighted by Crippen LogP contribution is -2.42. The molecule has 0 aromatic heterocycles. The number of nitro benzene ring substituents is 1. The van der Waals surface area contributed by atoms with Gasteiger partial charge in [-0.25, -0.2) is 4.39 Å². The van der Waals surface area contributed by atoms with E-state index in [-0.39, 0.29) is 18.0 Å². The van der Waals surface area contributed by atoms with Gasteiger partial charge in [0.15, 0.2) is 11.6 Å². The zero-order valence-electron chi connectivity index (χ0n) is 12.8. The van der Waals surface area contributed by atoms with Crippen LogP contribution in [0.2, 0.25) is 0 Å². The zero-order chi connectivity index (χ0) is 16.8. The van der Waals surface area contributed by atoms with Crippen LogP contribution < -0.4 is 10.1 Å². The van der Waals surface area contributed by atoms with E-state index < -0.39 is 22.5 Å². The minimum absolute atomic E-state index is 0.0965. The molecular weight excluding hydrogens is 309 g/mol. The smallest absolute Gasteiger partial charge is 0.295 e. The molecule has 0 amide bonds. The summed E-state index contributed by atoms with van der Waals surface area (Å²) in [6.07, 6.45) is -0.719. The molecule has 1 saturated heterocycles. The van der Waals surface area contributed by atoms with Crippen molar-refractivity contribution < 1.29 is 23.9 Å². The van der Waals surface area contributed by atoms with Crippen LogP contribution in [0.4, 0.5) is 15.8 Å². The summed E-state index contributed by atoms with van der Waals surface area (Å²) in [6.45, 7) is 3.26. The molecule has 23 heavy (non-hydrogen) atoms. The SMILES string of the molecule is COc1cc(NCC(O)CN2CCOCC2)c([N+](=O)[O-])cc1F. The van der Waals surface area contributed by atoms with E-state index in [0.29, 0.717) is 19.8 Å². The standard InChI is InChI=1S/C14H20FN3O5/c1-22-14-7-12(13(18(20)21)6-11(14)15)16-8-10(19)9-17-2-4-23-5-3-17/h6-7,10,16,19H,2-5,8-9H2,1H3. The van der Waals surface area contributed by atoms with E-state index in [0.717, 1.165) is 19.2 Å². The van der Waals surface area contributed by atoms with Gasteiger partial charge in [-0.15, -0.1) is 0 Å². The van der Waals surface area contributed by atoms with Crippen molar-refractivity contribution >= 4 is 11.4 Å². The molecule has 1 aliphatic rings. The third kappa shape index (κ3) is 4.75. The molecule has 0 radical (unpaired) electrons. The lowest BCUT2D eigenvalue weighted by atomic mass is 10.2. The Kier molecular flexibility index (Phi) is 6.08. The molecule has 1 atom stereocenters. The summed E-state index contributed by atoms with van der Waals surface area (Å²) in [5, 5.41) is 23.9. The summed E-state index contributed by atoms with van der Waals surface area (Å²) in [4.78, 5) is 12.4. The molecule has 1 unspecified atom stereocenters. The zero-order valence-corrected chi connectivity index (χ0v) is 12.8. The van der Waals surface area contributed by atoms with Gasteiger partial charge in [0, 0.05) is 32.2 Å². The Bertz CT molecular complexity index is 551. The number of β-amino-alcohol motifs (C(OH)–C–C–N with tert-alkyl or cyclic N) is 1. The lowest BCUT2D eigenvalue weighted by Gasteiger charge is -2.28. The predicted octanol–water partition coefficient (Wildman–Crippen LogP) is 0.848. The molecule has 2 N–H and O–H groups in total. The lowest BCUT2D eigenvalue weighted by molar-refractivity contribution is -0.384. The number of anilines is 1. The summed E-state index contributed by atoms with van der Waals surface area (Å²) in [5.74, 6) is -0.903. The molecule has 1 aromatic carbocycles. The number of nitro groups is 1. The molecule has 1 aromatic rings. The normalized spacial score (nSPS) is 16.8. The molecule has 8 nitrogen and oxygen atoms in total. The number of hydrogen-bond donors (Lipinski definition) is 2. The fourth-order valence-electron chi connectivity index (χ4n) is 2.37. The van der Waals surface area contributed by atoms with Crippen molar-refractivity contribution in [3.05, 3.63) is 28.1 Å². The van der Waals surface area contributed by atoms with Crippen molar-refractivity contribution in [2.24, 2.45) is 0 Å². The van der Waals surface area contributed by atoms with Gasteiger partial charge in [0.05, 0.1) is 37.4 Å². The van der Waals surface area contributed by atoms with E-state index in [1.54, 1.807) is 0 Å². The van der Waals surface area contributed by atoms with Crippen LogP contribution in [0.25, 0.3) is 0 Å². The molecule has 0 bridgehead atoms. The first-order valence-electron chi connectivity index (χ1n) is 7.25. The average Bonchev–Trinajstić information content (AvgIpc) is 2.54. The Labute approximate surface area is 132 Å². The highest BCUT2D eigenvalue weighted by molar-refractivity contribution is 5.64. The van der Waals surface area contributed by atoms with E-state index >= 15 is 0 Å². The highest BCUT2D eigenvalue weighted by Gasteiger charge is 2.20. The van der Waals surface area contributed by atoms with Gasteiger partial charge >= 0.3 is 0 Å². The van der Waals surface area contributed by atoms with Gasteiger partial charge in [-0.3, -0.25) is 15.0 Å². The van der Waals surface area contributed by atoms with Gasteiger partial charge in [-0.05, 0) is 0 Å². The van der Waals surface area contributed by atoms with Crippen molar-refractivity contribution in [2.45, 2.75) is 6.10 Å². The van der Waals surface area contributed by atoms with Crippen LogP contribution in [0, 0.1) is 15.9 Å². The number of morpholine rings is 1. The fourth-order valence-corrected chi connectivity index (χ4v) is 2.37. The summed E-state index contributed by atoms with van der Waals surface area (Å²) in [7, 11) is 1.28. The Morgan fingerprint density at radius 1 is 1.52 bits per heavy atom. The summed E-state index contributed by atoms with van der Waals surface area (Å²) in [6, 6.07) is 2.02. The van der Waals surface area contributed by atoms with Crippen molar-refractivity contribution in [3.8, 4) is 5.75 Å². The highest BCUT2D eigenvalue weighted by atomic mass is 19.1. The van der Waals surface area contributed by atoms with Gasteiger partial charge in [0.2, 0.25) is 0 Å². The first-order chi connectivity index (χ1) is 11.0. The third-order valence-corrected chi connectivity index (χ3v) is 3.57. The fraction of sp³-hybridized carbons (Fsp3) is 0.571. The maximum Gasteiger partial charge on any atom is 0.295 e. The molecule has 9 heteroatoms. The van der Waals surface area contributed by atoms with Crippen molar-refractivity contribution in [1.82, 2.24) is 4.90 Å².